The summed E-state index contributed by atoms with van der Waals surface area (Å²) in [5.74, 6) is -0.593. The molecule has 0 saturated carbocycles. The van der Waals surface area contributed by atoms with E-state index < -0.39 is 5.97 Å². The number of amides is 1. The Hall–Kier alpha value is -1.43. The molecule has 0 fully saturated rings. The van der Waals surface area contributed by atoms with E-state index in [9.17, 15) is 9.59 Å². The van der Waals surface area contributed by atoms with Crippen molar-refractivity contribution < 1.29 is 14.3 Å². The SMILES string of the molecule is COC(=O)c1csc(C(C)NC(C)=O)n1. The van der Waals surface area contributed by atoms with E-state index in [0.29, 0.717) is 5.01 Å². The molecule has 15 heavy (non-hydrogen) atoms. The van der Waals surface area contributed by atoms with Crippen molar-refractivity contribution >= 4 is 23.2 Å². The molecule has 1 aromatic rings. The molecule has 6 heteroatoms. The lowest BCUT2D eigenvalue weighted by Gasteiger charge is -2.07. The van der Waals surface area contributed by atoms with Crippen molar-refractivity contribution in [2.45, 2.75) is 19.9 Å². The molecule has 1 rings (SSSR count). The molecule has 0 aliphatic heterocycles. The third kappa shape index (κ3) is 3.02. The van der Waals surface area contributed by atoms with Gasteiger partial charge in [-0.05, 0) is 6.92 Å². The molecule has 0 radical (unpaired) electrons. The Morgan fingerprint density at radius 1 is 1.60 bits per heavy atom. The second-order valence-corrected chi connectivity index (χ2v) is 3.87. The van der Waals surface area contributed by atoms with E-state index in [2.05, 4.69) is 15.0 Å². The van der Waals surface area contributed by atoms with Crippen molar-refractivity contribution in [1.82, 2.24) is 10.3 Å². The molecule has 1 aromatic heterocycles. The van der Waals surface area contributed by atoms with E-state index in [1.165, 1.54) is 25.4 Å². The number of rotatable bonds is 3. The molecule has 1 unspecified atom stereocenters. The van der Waals surface area contributed by atoms with E-state index in [1.807, 2.05) is 0 Å². The molecule has 1 heterocycles. The van der Waals surface area contributed by atoms with Gasteiger partial charge in [0.15, 0.2) is 5.69 Å². The van der Waals surface area contributed by atoms with Gasteiger partial charge in [-0.3, -0.25) is 4.79 Å². The second-order valence-electron chi connectivity index (χ2n) is 2.98. The monoisotopic (exact) mass is 228 g/mol. The third-order valence-electron chi connectivity index (χ3n) is 1.71. The largest absolute Gasteiger partial charge is 0.464 e. The maximum atomic E-state index is 11.1. The van der Waals surface area contributed by atoms with Crippen molar-refractivity contribution in [3.63, 3.8) is 0 Å². The Morgan fingerprint density at radius 3 is 2.80 bits per heavy atom. The summed E-state index contributed by atoms with van der Waals surface area (Å²) in [5.41, 5.74) is 0.273. The van der Waals surface area contributed by atoms with Crippen molar-refractivity contribution in [1.29, 1.82) is 0 Å². The van der Waals surface area contributed by atoms with Crippen LogP contribution in [0.1, 0.15) is 35.4 Å². The number of nitrogens with zero attached hydrogens (tertiary/aromatic N) is 1. The molecule has 0 saturated heterocycles. The van der Waals surface area contributed by atoms with Crippen LogP contribution in [0.25, 0.3) is 0 Å². The van der Waals surface area contributed by atoms with Crippen LogP contribution in [0.5, 0.6) is 0 Å². The fourth-order valence-corrected chi connectivity index (χ4v) is 1.85. The van der Waals surface area contributed by atoms with Crippen LogP contribution < -0.4 is 5.32 Å². The Balaban J connectivity index is 2.75. The summed E-state index contributed by atoms with van der Waals surface area (Å²) in [7, 11) is 1.30. The van der Waals surface area contributed by atoms with Crippen molar-refractivity contribution in [3.8, 4) is 0 Å². The van der Waals surface area contributed by atoms with E-state index in [1.54, 1.807) is 12.3 Å². The second kappa shape index (κ2) is 4.88. The van der Waals surface area contributed by atoms with Gasteiger partial charge >= 0.3 is 5.97 Å². The number of carbonyl (C=O) groups excluding carboxylic acids is 2. The summed E-state index contributed by atoms with van der Waals surface area (Å²) < 4.78 is 4.53. The normalized spacial score (nSPS) is 11.9. The number of esters is 1. The van der Waals surface area contributed by atoms with Crippen LogP contribution in [0.15, 0.2) is 5.38 Å². The summed E-state index contributed by atoms with van der Waals surface area (Å²) in [6.45, 7) is 3.24. The first-order valence-corrected chi connectivity index (χ1v) is 5.23. The van der Waals surface area contributed by atoms with Crippen LogP contribution in [-0.4, -0.2) is 24.0 Å². The predicted octanol–water partition coefficient (Wildman–Crippen LogP) is 1.13. The van der Waals surface area contributed by atoms with Gasteiger partial charge < -0.3 is 10.1 Å². The maximum absolute atomic E-state index is 11.1. The van der Waals surface area contributed by atoms with E-state index in [0.717, 1.165) is 0 Å². The van der Waals surface area contributed by atoms with Gasteiger partial charge in [-0.15, -0.1) is 11.3 Å². The highest BCUT2D eigenvalue weighted by atomic mass is 32.1. The molecular formula is C9H12N2O3S. The molecule has 0 aliphatic rings. The molecular weight excluding hydrogens is 216 g/mol. The number of aromatic nitrogens is 1. The number of thiazole rings is 1. The number of hydrogen-bond acceptors (Lipinski definition) is 5. The van der Waals surface area contributed by atoms with Crippen LogP contribution >= 0.6 is 11.3 Å². The van der Waals surface area contributed by atoms with E-state index in [4.69, 9.17) is 0 Å². The van der Waals surface area contributed by atoms with Gasteiger partial charge in [0.1, 0.15) is 5.01 Å². The minimum absolute atomic E-state index is 0.127. The van der Waals surface area contributed by atoms with Gasteiger partial charge in [0, 0.05) is 12.3 Å². The minimum atomic E-state index is -0.465. The predicted molar refractivity (Wildman–Crippen MR) is 55.7 cm³/mol. The van der Waals surface area contributed by atoms with Crippen LogP contribution in [0.4, 0.5) is 0 Å². The first kappa shape index (κ1) is 11.6. The van der Waals surface area contributed by atoms with Gasteiger partial charge in [0.2, 0.25) is 5.91 Å². The molecule has 1 amide bonds. The highest BCUT2D eigenvalue weighted by molar-refractivity contribution is 7.09. The lowest BCUT2D eigenvalue weighted by atomic mass is 10.3. The summed E-state index contributed by atoms with van der Waals surface area (Å²) in [5, 5.41) is 4.98. The number of carbonyl (C=O) groups is 2. The highest BCUT2D eigenvalue weighted by Crippen LogP contribution is 2.18. The molecule has 82 valence electrons. The van der Waals surface area contributed by atoms with E-state index in [-0.39, 0.29) is 17.6 Å². The zero-order valence-corrected chi connectivity index (χ0v) is 9.55. The Morgan fingerprint density at radius 2 is 2.27 bits per heavy atom. The number of nitrogens with one attached hydrogen (secondary N) is 1. The van der Waals surface area contributed by atoms with Gasteiger partial charge in [-0.1, -0.05) is 0 Å². The fourth-order valence-electron chi connectivity index (χ4n) is 1.05. The molecule has 1 N–H and O–H groups in total. The van der Waals surface area contributed by atoms with Crippen LogP contribution in [0.2, 0.25) is 0 Å². The Bertz CT molecular complexity index is 375. The molecule has 5 nitrogen and oxygen atoms in total. The van der Waals surface area contributed by atoms with Crippen LogP contribution in [-0.2, 0) is 9.53 Å². The molecule has 0 spiro atoms. The van der Waals surface area contributed by atoms with Crippen LogP contribution in [0, 0.1) is 0 Å². The number of methoxy groups -OCH3 is 1. The van der Waals surface area contributed by atoms with Gasteiger partial charge in [-0.2, -0.15) is 0 Å². The summed E-state index contributed by atoms with van der Waals surface area (Å²) in [4.78, 5) is 26.0. The standard InChI is InChI=1S/C9H12N2O3S/c1-5(10-6(2)12)8-11-7(4-15-8)9(13)14-3/h4-5H,1-3H3,(H,10,12). The highest BCUT2D eigenvalue weighted by Gasteiger charge is 2.15. The Kier molecular flexibility index (Phi) is 3.79. The third-order valence-corrected chi connectivity index (χ3v) is 2.73. The Labute approximate surface area is 91.5 Å². The minimum Gasteiger partial charge on any atom is -0.464 e. The van der Waals surface area contributed by atoms with Crippen LogP contribution in [0.3, 0.4) is 0 Å². The maximum Gasteiger partial charge on any atom is 0.357 e. The number of hydrogen-bond donors (Lipinski definition) is 1. The smallest absolute Gasteiger partial charge is 0.357 e. The average molecular weight is 228 g/mol. The fraction of sp³-hybridized carbons (Fsp3) is 0.444. The van der Waals surface area contributed by atoms with Gasteiger partial charge in [0.25, 0.3) is 0 Å². The zero-order valence-electron chi connectivity index (χ0n) is 8.73. The average Bonchev–Trinajstić information content (AvgIpc) is 2.64. The topological polar surface area (TPSA) is 68.3 Å². The van der Waals surface area contributed by atoms with Crippen molar-refractivity contribution in [2.24, 2.45) is 0 Å². The van der Waals surface area contributed by atoms with E-state index >= 15 is 0 Å². The molecule has 0 bridgehead atoms. The lowest BCUT2D eigenvalue weighted by molar-refractivity contribution is -0.119. The summed E-state index contributed by atoms with van der Waals surface area (Å²) in [6, 6.07) is -0.189. The molecule has 0 aromatic carbocycles. The quantitative estimate of drug-likeness (QED) is 0.787. The summed E-state index contributed by atoms with van der Waals surface area (Å²) in [6.07, 6.45) is 0. The number of ether oxygens (including phenoxy) is 1. The molecule has 0 aliphatic carbocycles. The lowest BCUT2D eigenvalue weighted by Crippen LogP contribution is -2.23. The first-order valence-electron chi connectivity index (χ1n) is 4.35. The summed E-state index contributed by atoms with van der Waals surface area (Å²) >= 11 is 1.32. The van der Waals surface area contributed by atoms with Crippen molar-refractivity contribution in [2.75, 3.05) is 7.11 Å². The van der Waals surface area contributed by atoms with Gasteiger partial charge in [-0.25, -0.2) is 9.78 Å². The molecule has 1 atom stereocenters. The van der Waals surface area contributed by atoms with Crippen molar-refractivity contribution in [3.05, 3.63) is 16.1 Å². The first-order chi connectivity index (χ1) is 7.04. The zero-order chi connectivity index (χ0) is 11.4. The van der Waals surface area contributed by atoms with Gasteiger partial charge in [0.05, 0.1) is 13.2 Å².